The first kappa shape index (κ1) is 31.6. The van der Waals surface area contributed by atoms with Crippen LogP contribution in [0.2, 0.25) is 0 Å². The molecule has 8 aromatic carbocycles. The highest BCUT2D eigenvalue weighted by molar-refractivity contribution is 7.25. The maximum atomic E-state index is 2.48. The van der Waals surface area contributed by atoms with Gasteiger partial charge in [-0.3, -0.25) is 0 Å². The van der Waals surface area contributed by atoms with E-state index in [-0.39, 0.29) is 10.8 Å². The van der Waals surface area contributed by atoms with Crippen LogP contribution in [0.1, 0.15) is 37.8 Å². The van der Waals surface area contributed by atoms with E-state index in [0.29, 0.717) is 5.92 Å². The van der Waals surface area contributed by atoms with Gasteiger partial charge in [0, 0.05) is 48.6 Å². The summed E-state index contributed by atoms with van der Waals surface area (Å²) in [6.45, 7) is 7.29. The van der Waals surface area contributed by atoms with E-state index in [0.717, 1.165) is 11.4 Å². The molecule has 0 saturated heterocycles. The van der Waals surface area contributed by atoms with Crippen molar-refractivity contribution in [2.45, 2.75) is 32.1 Å². The molecular weight excluding hydrogens is 671 g/mol. The maximum absolute atomic E-state index is 2.48. The van der Waals surface area contributed by atoms with Crippen LogP contribution in [0.5, 0.6) is 0 Å². The minimum Gasteiger partial charge on any atom is -0.310 e. The van der Waals surface area contributed by atoms with Crippen LogP contribution in [0.25, 0.3) is 63.6 Å². The molecule has 0 saturated carbocycles. The molecule has 0 fully saturated rings. The Hall–Kier alpha value is -5.96. The van der Waals surface area contributed by atoms with Crippen molar-refractivity contribution in [1.82, 2.24) is 0 Å². The Bertz CT molecular complexity index is 3010. The van der Waals surface area contributed by atoms with Crippen LogP contribution in [-0.2, 0) is 5.41 Å². The van der Waals surface area contributed by atoms with Gasteiger partial charge in [-0.15, -0.1) is 11.3 Å². The number of fused-ring (bicyclic) bond motifs is 12. The average molecular weight is 710 g/mol. The standard InChI is InChI=1S/C52H39NS/c1-51(2)48-32-37(25-27-44(48)47-17-10-11-29-52(47,51)3)53(36-24-26-42-40-14-5-4-12-38(40)39-13-6-7-15-41(39)45(42)31-36)35-22-19-33(20-23-35)34-21-28-50-46(30-34)43-16-8-9-18-49(43)54-50/h4-32,47H,1-3H3/t47?,52-/m1/s1. The van der Waals surface area contributed by atoms with Crippen molar-refractivity contribution in [2.24, 2.45) is 5.41 Å². The molecule has 0 aliphatic heterocycles. The molecule has 0 N–H and O–H groups in total. The second-order valence-electron chi connectivity index (χ2n) is 15.9. The van der Waals surface area contributed by atoms with E-state index in [9.17, 15) is 0 Å². The van der Waals surface area contributed by atoms with E-state index < -0.39 is 0 Å². The Morgan fingerprint density at radius 1 is 0.463 bits per heavy atom. The predicted octanol–water partition coefficient (Wildman–Crippen LogP) is 15.2. The molecule has 2 aliphatic rings. The van der Waals surface area contributed by atoms with Gasteiger partial charge in [0.05, 0.1) is 0 Å². The van der Waals surface area contributed by atoms with Gasteiger partial charge in [0.1, 0.15) is 0 Å². The van der Waals surface area contributed by atoms with Crippen molar-refractivity contribution in [3.63, 3.8) is 0 Å². The van der Waals surface area contributed by atoms with Gasteiger partial charge in [-0.25, -0.2) is 0 Å². The molecule has 0 radical (unpaired) electrons. The molecule has 54 heavy (non-hydrogen) atoms. The molecule has 0 amide bonds. The monoisotopic (exact) mass is 709 g/mol. The first-order valence-corrected chi connectivity index (χ1v) is 19.9. The molecule has 2 aliphatic carbocycles. The Morgan fingerprint density at radius 3 is 1.78 bits per heavy atom. The van der Waals surface area contributed by atoms with Gasteiger partial charge in [0.2, 0.25) is 0 Å². The average Bonchev–Trinajstić information content (AvgIpc) is 3.67. The van der Waals surface area contributed by atoms with Crippen LogP contribution in [0.4, 0.5) is 17.1 Å². The van der Waals surface area contributed by atoms with Crippen LogP contribution < -0.4 is 4.90 Å². The summed E-state index contributed by atoms with van der Waals surface area (Å²) in [4.78, 5) is 2.47. The fraction of sp³-hybridized carbons (Fsp3) is 0.115. The molecule has 1 heterocycles. The van der Waals surface area contributed by atoms with Crippen molar-refractivity contribution in [1.29, 1.82) is 0 Å². The number of hydrogen-bond donors (Lipinski definition) is 0. The molecule has 1 nitrogen and oxygen atoms in total. The Kier molecular flexibility index (Phi) is 6.73. The number of allylic oxidation sites excluding steroid dienone is 4. The van der Waals surface area contributed by atoms with E-state index in [1.165, 1.54) is 80.4 Å². The molecule has 2 heteroatoms. The molecule has 0 bridgehead atoms. The third kappa shape index (κ3) is 4.44. The summed E-state index contributed by atoms with van der Waals surface area (Å²) in [5.41, 5.74) is 8.79. The number of thiophene rings is 1. The van der Waals surface area contributed by atoms with Gasteiger partial charge in [-0.05, 0) is 115 Å². The van der Waals surface area contributed by atoms with E-state index in [1.54, 1.807) is 0 Å². The van der Waals surface area contributed by atoms with E-state index >= 15 is 0 Å². The normalized spacial score (nSPS) is 18.5. The van der Waals surface area contributed by atoms with Crippen molar-refractivity contribution >= 4 is 80.9 Å². The lowest BCUT2D eigenvalue weighted by Gasteiger charge is -2.41. The molecule has 9 aromatic rings. The second kappa shape index (κ2) is 11.5. The highest BCUT2D eigenvalue weighted by atomic mass is 32.1. The summed E-state index contributed by atoms with van der Waals surface area (Å²) in [5, 5.41) is 10.4. The highest BCUT2D eigenvalue weighted by Gasteiger charge is 2.53. The molecule has 2 atom stereocenters. The number of nitrogens with zero attached hydrogens (tertiary/aromatic N) is 1. The molecular formula is C52H39NS. The zero-order valence-corrected chi connectivity index (χ0v) is 31.5. The van der Waals surface area contributed by atoms with Gasteiger partial charge >= 0.3 is 0 Å². The van der Waals surface area contributed by atoms with Gasteiger partial charge in [-0.2, -0.15) is 0 Å². The minimum absolute atomic E-state index is 0.0208. The van der Waals surface area contributed by atoms with Crippen LogP contribution in [-0.4, -0.2) is 0 Å². The molecule has 1 unspecified atom stereocenters. The van der Waals surface area contributed by atoms with E-state index in [1.807, 2.05) is 11.3 Å². The van der Waals surface area contributed by atoms with E-state index in [4.69, 9.17) is 0 Å². The minimum atomic E-state index is -0.0389. The van der Waals surface area contributed by atoms with Gasteiger partial charge in [-0.1, -0.05) is 142 Å². The summed E-state index contributed by atoms with van der Waals surface area (Å²) in [6.07, 6.45) is 9.29. The molecule has 258 valence electrons. The Morgan fingerprint density at radius 2 is 1.04 bits per heavy atom. The highest BCUT2D eigenvalue weighted by Crippen LogP contribution is 2.61. The predicted molar refractivity (Wildman–Crippen MR) is 234 cm³/mol. The first-order valence-electron chi connectivity index (χ1n) is 19.0. The summed E-state index contributed by atoms with van der Waals surface area (Å²) in [7, 11) is 0. The number of hydrogen-bond acceptors (Lipinski definition) is 2. The second-order valence-corrected chi connectivity index (χ2v) is 17.0. The zero-order chi connectivity index (χ0) is 36.2. The van der Waals surface area contributed by atoms with Crippen molar-refractivity contribution in [3.8, 4) is 11.1 Å². The molecule has 0 spiro atoms. The maximum Gasteiger partial charge on any atom is 0.0468 e. The van der Waals surface area contributed by atoms with Crippen LogP contribution in [0.3, 0.4) is 0 Å². The lowest BCUT2D eigenvalue weighted by atomic mass is 9.62. The summed E-state index contributed by atoms with van der Waals surface area (Å²) in [5.74, 6) is 0.368. The van der Waals surface area contributed by atoms with Gasteiger partial charge in [0.15, 0.2) is 0 Å². The van der Waals surface area contributed by atoms with Crippen LogP contribution >= 0.6 is 11.3 Å². The smallest absolute Gasteiger partial charge is 0.0468 e. The fourth-order valence-corrected chi connectivity index (χ4v) is 10.8. The number of benzene rings is 8. The van der Waals surface area contributed by atoms with Crippen molar-refractivity contribution < 1.29 is 0 Å². The molecule has 1 aromatic heterocycles. The molecule has 11 rings (SSSR count). The summed E-state index contributed by atoms with van der Waals surface area (Å²) < 4.78 is 2.67. The number of anilines is 3. The first-order chi connectivity index (χ1) is 26.4. The Labute approximate surface area is 320 Å². The summed E-state index contributed by atoms with van der Waals surface area (Å²) in [6, 6.07) is 56.9. The lowest BCUT2D eigenvalue weighted by Crippen LogP contribution is -2.36. The Balaban J connectivity index is 1.10. The van der Waals surface area contributed by atoms with Crippen molar-refractivity contribution in [3.05, 3.63) is 187 Å². The van der Waals surface area contributed by atoms with Gasteiger partial charge in [0.25, 0.3) is 0 Å². The third-order valence-corrected chi connectivity index (χ3v) is 14.1. The topological polar surface area (TPSA) is 3.24 Å². The lowest BCUT2D eigenvalue weighted by molar-refractivity contribution is 0.245. The zero-order valence-electron chi connectivity index (χ0n) is 30.7. The SMILES string of the molecule is CC1(C)c2cc(N(c3ccc(-c4ccc5sc6ccccc6c5c4)cc3)c3ccc4c5ccccc5c5ccccc5c4c3)ccc2C2C=CC=C[C@]21C. The fourth-order valence-electron chi connectivity index (χ4n) is 9.73. The quantitative estimate of drug-likeness (QED) is 0.164. The largest absolute Gasteiger partial charge is 0.310 e. The van der Waals surface area contributed by atoms with Crippen LogP contribution in [0, 0.1) is 5.41 Å². The van der Waals surface area contributed by atoms with Crippen molar-refractivity contribution in [2.75, 3.05) is 4.90 Å². The third-order valence-electron chi connectivity index (χ3n) is 13.0. The van der Waals surface area contributed by atoms with E-state index in [2.05, 4.69) is 202 Å². The number of rotatable bonds is 4. The van der Waals surface area contributed by atoms with Gasteiger partial charge < -0.3 is 4.90 Å². The summed E-state index contributed by atoms with van der Waals surface area (Å²) >= 11 is 1.87. The van der Waals surface area contributed by atoms with Crippen LogP contribution in [0.15, 0.2) is 176 Å².